The highest BCUT2D eigenvalue weighted by Crippen LogP contribution is 2.53. The van der Waals surface area contributed by atoms with Crippen molar-refractivity contribution in [2.75, 3.05) is 22.9 Å². The van der Waals surface area contributed by atoms with E-state index in [2.05, 4.69) is 148 Å². The number of nitrogens with zero attached hydrogens (tertiary/aromatic N) is 2. The van der Waals surface area contributed by atoms with E-state index in [-0.39, 0.29) is 22.4 Å². The van der Waals surface area contributed by atoms with Crippen LogP contribution < -0.4 is 9.80 Å². The first-order valence-electron chi connectivity index (χ1n) is 20.9. The highest BCUT2D eigenvalue weighted by molar-refractivity contribution is 6.18. The first kappa shape index (κ1) is 38.5. The minimum Gasteiger partial charge on any atom is -0.395 e. The lowest BCUT2D eigenvalue weighted by atomic mass is 9.81. The molecule has 0 aromatic heterocycles. The predicted molar refractivity (Wildman–Crippen MR) is 235 cm³/mol. The van der Waals surface area contributed by atoms with Gasteiger partial charge in [-0.1, -0.05) is 127 Å². The van der Waals surface area contributed by atoms with Gasteiger partial charge < -0.3 is 19.3 Å². The molecule has 0 radical (unpaired) electrons. The highest BCUT2D eigenvalue weighted by atomic mass is 16.7. The van der Waals surface area contributed by atoms with Crippen LogP contribution in [-0.4, -0.2) is 35.6 Å². The van der Waals surface area contributed by atoms with Gasteiger partial charge in [-0.15, -0.1) is 0 Å². The van der Waals surface area contributed by atoms with Crippen molar-refractivity contribution in [1.82, 2.24) is 0 Å². The quantitative estimate of drug-likeness (QED) is 0.0774. The molecule has 6 heteroatoms. The number of esters is 2. The topological polar surface area (TPSA) is 63.4 Å². The van der Waals surface area contributed by atoms with Crippen LogP contribution in [0, 0.1) is 0 Å². The number of hydrogen-bond acceptors (Lipinski definition) is 5. The van der Waals surface area contributed by atoms with Crippen LogP contribution >= 0.6 is 0 Å². The Kier molecular flexibility index (Phi) is 9.82. The van der Waals surface area contributed by atoms with Gasteiger partial charge >= 0.3 is 17.7 Å². The Morgan fingerprint density at radius 1 is 0.614 bits per heavy atom. The summed E-state index contributed by atoms with van der Waals surface area (Å²) < 4.78 is 11.6. The van der Waals surface area contributed by atoms with Gasteiger partial charge in [0.2, 0.25) is 5.57 Å². The maximum atomic E-state index is 13.9. The van der Waals surface area contributed by atoms with Crippen molar-refractivity contribution in [1.29, 1.82) is 0 Å². The van der Waals surface area contributed by atoms with Crippen LogP contribution in [0.1, 0.15) is 105 Å². The van der Waals surface area contributed by atoms with Crippen molar-refractivity contribution in [3.63, 3.8) is 0 Å². The number of rotatable bonds is 8. The van der Waals surface area contributed by atoms with E-state index >= 15 is 0 Å². The summed E-state index contributed by atoms with van der Waals surface area (Å²) in [5.41, 5.74) is 9.85. The minimum absolute atomic E-state index is 0.0896. The van der Waals surface area contributed by atoms with E-state index in [0.717, 1.165) is 49.9 Å². The van der Waals surface area contributed by atoms with E-state index in [9.17, 15) is 9.59 Å². The maximum absolute atomic E-state index is 13.9. The number of unbranched alkanes of at least 4 members (excludes halogenated alkanes) is 2. The van der Waals surface area contributed by atoms with E-state index in [0.29, 0.717) is 18.4 Å². The molecule has 1 saturated heterocycles. The number of hydrogen-bond donors (Lipinski definition) is 0. The van der Waals surface area contributed by atoms with Crippen molar-refractivity contribution < 1.29 is 19.1 Å². The SMILES string of the molecule is CCCCN1/C(=C/C=C2CC/C(=C\C=C3\N(CCCC)c4ccc5ccccc5c4C3(C)C)C2=C2C(=O)OC(C)(C)OC2=[OH+])C(C)(C)c2c1ccc1ccccc21. The van der Waals surface area contributed by atoms with E-state index < -0.39 is 11.8 Å². The summed E-state index contributed by atoms with van der Waals surface area (Å²) in [6.45, 7) is 18.9. The third kappa shape index (κ3) is 6.51. The van der Waals surface area contributed by atoms with Crippen LogP contribution in [0.2, 0.25) is 0 Å². The molecule has 8 rings (SSSR count). The predicted octanol–water partition coefficient (Wildman–Crippen LogP) is 12.0. The Bertz CT molecular complexity index is 2300. The van der Waals surface area contributed by atoms with E-state index in [4.69, 9.17) is 9.47 Å². The summed E-state index contributed by atoms with van der Waals surface area (Å²) in [7, 11) is 0. The maximum Gasteiger partial charge on any atom is 0.529 e. The van der Waals surface area contributed by atoms with Crippen LogP contribution in [0.4, 0.5) is 11.4 Å². The first-order chi connectivity index (χ1) is 27.3. The molecule has 0 amide bonds. The molecule has 1 N–H and O–H groups in total. The zero-order valence-corrected chi connectivity index (χ0v) is 35.0. The fourth-order valence-corrected chi connectivity index (χ4v) is 9.80. The number of cyclic esters (lactones) is 2. The van der Waals surface area contributed by atoms with Gasteiger partial charge in [0.15, 0.2) is 0 Å². The lowest BCUT2D eigenvalue weighted by Crippen LogP contribution is -2.42. The molecule has 3 heterocycles. The molecule has 0 atom stereocenters. The molecule has 1 aliphatic carbocycles. The third-order valence-electron chi connectivity index (χ3n) is 12.5. The van der Waals surface area contributed by atoms with Gasteiger partial charge in [-0.3, -0.25) is 4.74 Å². The molecule has 3 aliphatic heterocycles. The van der Waals surface area contributed by atoms with E-state index in [1.165, 1.54) is 55.4 Å². The minimum atomic E-state index is -1.27. The van der Waals surface area contributed by atoms with Crippen LogP contribution in [0.25, 0.3) is 21.5 Å². The van der Waals surface area contributed by atoms with Gasteiger partial charge in [-0.2, -0.15) is 0 Å². The number of anilines is 2. The molecular weight excluding hydrogens is 705 g/mol. The number of allylic oxidation sites excluding steroid dienone is 9. The fourth-order valence-electron chi connectivity index (χ4n) is 9.80. The smallest absolute Gasteiger partial charge is 0.395 e. The van der Waals surface area contributed by atoms with Gasteiger partial charge in [0, 0.05) is 66.1 Å². The highest BCUT2D eigenvalue weighted by Gasteiger charge is 2.50. The number of carbonyl (C=O) groups is 1. The largest absolute Gasteiger partial charge is 0.529 e. The summed E-state index contributed by atoms with van der Waals surface area (Å²) in [4.78, 5) is 30.3. The fraction of sp³-hybridized carbons (Fsp3) is 0.373. The molecule has 0 spiro atoms. The average molecular weight is 762 g/mol. The van der Waals surface area contributed by atoms with E-state index in [1.807, 2.05) is 0 Å². The summed E-state index contributed by atoms with van der Waals surface area (Å²) in [6, 6.07) is 26.4. The van der Waals surface area contributed by atoms with Crippen LogP contribution in [0.5, 0.6) is 0 Å². The third-order valence-corrected chi connectivity index (χ3v) is 12.5. The summed E-state index contributed by atoms with van der Waals surface area (Å²) >= 11 is 0. The summed E-state index contributed by atoms with van der Waals surface area (Å²) in [5.74, 6) is -2.24. The second-order valence-electron chi connectivity index (χ2n) is 17.6. The zero-order valence-electron chi connectivity index (χ0n) is 35.0. The van der Waals surface area contributed by atoms with Crippen molar-refractivity contribution in [3.8, 4) is 0 Å². The Morgan fingerprint density at radius 3 is 1.51 bits per heavy atom. The number of benzene rings is 4. The Morgan fingerprint density at radius 2 is 1.07 bits per heavy atom. The zero-order chi connectivity index (χ0) is 40.3. The van der Waals surface area contributed by atoms with Crippen molar-refractivity contribution in [3.05, 3.63) is 142 Å². The van der Waals surface area contributed by atoms with Gasteiger partial charge in [-0.05, 0) is 93.8 Å². The first-order valence-corrected chi connectivity index (χ1v) is 20.9. The van der Waals surface area contributed by atoms with Crippen LogP contribution in [0.15, 0.2) is 131 Å². The van der Waals surface area contributed by atoms with Crippen molar-refractivity contribution in [2.24, 2.45) is 0 Å². The Balaban J connectivity index is 1.27. The summed E-state index contributed by atoms with van der Waals surface area (Å²) in [6.07, 6.45) is 14.6. The molecule has 57 heavy (non-hydrogen) atoms. The second kappa shape index (κ2) is 14.5. The van der Waals surface area contributed by atoms with Gasteiger partial charge in [0.25, 0.3) is 0 Å². The molecule has 0 unspecified atom stereocenters. The van der Waals surface area contributed by atoms with Crippen LogP contribution in [-0.2, 0) is 25.1 Å². The van der Waals surface area contributed by atoms with Gasteiger partial charge in [-0.25, -0.2) is 4.79 Å². The molecule has 6 nitrogen and oxygen atoms in total. The molecular formula is C51H57N2O4+. The Labute approximate surface area is 338 Å². The number of carbonyl (C=O) groups excluding carboxylic acids is 2. The van der Waals surface area contributed by atoms with Crippen LogP contribution in [0.3, 0.4) is 0 Å². The molecule has 1 saturated carbocycles. The number of fused-ring (bicyclic) bond motifs is 6. The lowest BCUT2D eigenvalue weighted by molar-refractivity contribution is -0.193. The average Bonchev–Trinajstić information content (AvgIpc) is 3.74. The lowest BCUT2D eigenvalue weighted by Gasteiger charge is -2.27. The van der Waals surface area contributed by atoms with E-state index in [1.54, 1.807) is 13.8 Å². The molecule has 2 fully saturated rings. The second-order valence-corrected chi connectivity index (χ2v) is 17.6. The van der Waals surface area contributed by atoms with Crippen molar-refractivity contribution in [2.45, 2.75) is 111 Å². The molecule has 0 bridgehead atoms. The molecule has 4 aromatic rings. The van der Waals surface area contributed by atoms with Crippen molar-refractivity contribution >= 4 is 44.9 Å². The normalized spacial score (nSPS) is 23.6. The molecule has 4 aliphatic rings. The molecule has 4 aromatic carbocycles. The van der Waals surface area contributed by atoms with Gasteiger partial charge in [0.1, 0.15) is 0 Å². The number of ether oxygens (including phenoxy) is 2. The van der Waals surface area contributed by atoms with Gasteiger partial charge in [0.05, 0.1) is 0 Å². The monoisotopic (exact) mass is 761 g/mol. The standard InChI is InChI=1S/C51H56N2O4/c1-9-11-31-52-39-27-23-33-17-13-15-19-37(33)45(39)49(3,4)41(52)29-25-35-21-22-36(43(35)44-47(54)56-51(7,8)57-48(44)55)26-30-42-50(5,6)46-38-20-16-14-18-34(38)24-28-40(46)53(42)32-12-10-2/h13-20,23-30H,9-12,21-22,31-32H2,1-8H3/p+1/b35-25+,36-26?,41-29+,42-30+. The Hall–Kier alpha value is -5.36. The molecule has 294 valence electrons. The summed E-state index contributed by atoms with van der Waals surface area (Å²) in [5, 5.41) is 5.04.